The fourth-order valence-corrected chi connectivity index (χ4v) is 2.00. The molecule has 20 heavy (non-hydrogen) atoms. The van der Waals surface area contributed by atoms with E-state index in [4.69, 9.17) is 4.74 Å². The number of rotatable bonds is 6. The van der Waals surface area contributed by atoms with Gasteiger partial charge >= 0.3 is 0 Å². The Morgan fingerprint density at radius 1 is 0.950 bits per heavy atom. The van der Waals surface area contributed by atoms with Crippen LogP contribution in [0.2, 0.25) is 0 Å². The lowest BCUT2D eigenvalue weighted by Gasteiger charge is -2.05. The quantitative estimate of drug-likeness (QED) is 0.449. The molecule has 102 valence electrons. The monoisotopic (exact) mass is 330 g/mol. The molecule has 0 amide bonds. The second-order valence-electron chi connectivity index (χ2n) is 4.16. The number of ketones is 1. The lowest BCUT2D eigenvalue weighted by Crippen LogP contribution is -2.01. The first-order valence-electron chi connectivity index (χ1n) is 6.35. The van der Waals surface area contributed by atoms with Crippen LogP contribution in [-0.4, -0.2) is 17.7 Å². The molecule has 0 spiro atoms. The van der Waals surface area contributed by atoms with Crippen LogP contribution in [-0.2, 0) is 0 Å². The van der Waals surface area contributed by atoms with Crippen LogP contribution >= 0.6 is 15.9 Å². The number of hydrogen-bond donors (Lipinski definition) is 0. The predicted octanol–water partition coefficient (Wildman–Crippen LogP) is 4.25. The molecule has 0 aliphatic heterocycles. The van der Waals surface area contributed by atoms with Crippen molar-refractivity contribution in [3.8, 4) is 5.75 Å². The van der Waals surface area contributed by atoms with Crippen LogP contribution in [0.4, 0.5) is 0 Å². The van der Waals surface area contributed by atoms with Crippen LogP contribution in [0.25, 0.3) is 0 Å². The van der Waals surface area contributed by atoms with Crippen molar-refractivity contribution in [2.45, 2.75) is 0 Å². The SMILES string of the molecule is O=C(c1ccccc1)c1ccc(OCC=CCBr)cc1. The molecule has 0 aliphatic carbocycles. The Morgan fingerprint density at radius 2 is 1.60 bits per heavy atom. The molecule has 0 bridgehead atoms. The Kier molecular flexibility index (Phi) is 5.56. The second-order valence-corrected chi connectivity index (χ2v) is 4.80. The average molecular weight is 331 g/mol. The topological polar surface area (TPSA) is 26.3 Å². The highest BCUT2D eigenvalue weighted by Crippen LogP contribution is 2.15. The first kappa shape index (κ1) is 14.5. The summed E-state index contributed by atoms with van der Waals surface area (Å²) in [6, 6.07) is 16.5. The second kappa shape index (κ2) is 7.65. The molecular weight excluding hydrogens is 316 g/mol. The summed E-state index contributed by atoms with van der Waals surface area (Å²) in [6.45, 7) is 0.525. The summed E-state index contributed by atoms with van der Waals surface area (Å²) in [5, 5.41) is 0.820. The van der Waals surface area contributed by atoms with E-state index in [0.29, 0.717) is 17.7 Å². The van der Waals surface area contributed by atoms with E-state index in [-0.39, 0.29) is 5.78 Å². The molecule has 0 saturated carbocycles. The summed E-state index contributed by atoms with van der Waals surface area (Å²) in [7, 11) is 0. The summed E-state index contributed by atoms with van der Waals surface area (Å²) in [6.07, 6.45) is 3.92. The molecule has 0 fully saturated rings. The zero-order valence-electron chi connectivity index (χ0n) is 11.0. The number of ether oxygens (including phenoxy) is 1. The van der Waals surface area contributed by atoms with Crippen molar-refractivity contribution in [2.75, 3.05) is 11.9 Å². The first-order valence-corrected chi connectivity index (χ1v) is 7.47. The molecule has 0 unspecified atom stereocenters. The Labute approximate surface area is 127 Å². The Bertz CT molecular complexity index is 574. The zero-order chi connectivity index (χ0) is 14.2. The van der Waals surface area contributed by atoms with E-state index in [2.05, 4.69) is 15.9 Å². The van der Waals surface area contributed by atoms with Gasteiger partial charge in [0.25, 0.3) is 0 Å². The molecule has 0 aliphatic rings. The molecule has 2 aromatic carbocycles. The Balaban J connectivity index is 2.01. The third kappa shape index (κ3) is 4.07. The van der Waals surface area contributed by atoms with Crippen molar-refractivity contribution in [1.82, 2.24) is 0 Å². The van der Waals surface area contributed by atoms with Gasteiger partial charge in [0.2, 0.25) is 0 Å². The minimum atomic E-state index is 0.0244. The summed E-state index contributed by atoms with van der Waals surface area (Å²) in [5.41, 5.74) is 1.36. The van der Waals surface area contributed by atoms with Gasteiger partial charge in [-0.15, -0.1) is 0 Å². The molecule has 0 atom stereocenters. The van der Waals surface area contributed by atoms with Gasteiger partial charge in [-0.2, -0.15) is 0 Å². The highest BCUT2D eigenvalue weighted by molar-refractivity contribution is 9.09. The number of carbonyl (C=O) groups is 1. The number of hydrogen-bond acceptors (Lipinski definition) is 2. The first-order chi connectivity index (χ1) is 9.81. The van der Waals surface area contributed by atoms with Gasteiger partial charge in [-0.25, -0.2) is 0 Å². The van der Waals surface area contributed by atoms with Crippen LogP contribution in [0.5, 0.6) is 5.75 Å². The molecule has 2 rings (SSSR count). The molecule has 3 heteroatoms. The van der Waals surface area contributed by atoms with Gasteiger partial charge in [0.15, 0.2) is 5.78 Å². The smallest absolute Gasteiger partial charge is 0.193 e. The standard InChI is InChI=1S/C17H15BrO2/c18-12-4-5-13-20-16-10-8-15(9-11-16)17(19)14-6-2-1-3-7-14/h1-11H,12-13H2. The molecule has 2 nitrogen and oxygen atoms in total. The van der Waals surface area contributed by atoms with E-state index in [1.807, 2.05) is 54.6 Å². The van der Waals surface area contributed by atoms with E-state index in [9.17, 15) is 4.79 Å². The normalized spacial score (nSPS) is 10.7. The maximum absolute atomic E-state index is 12.2. The fourth-order valence-electron chi connectivity index (χ4n) is 1.73. The lowest BCUT2D eigenvalue weighted by atomic mass is 10.0. The summed E-state index contributed by atoms with van der Waals surface area (Å²) in [4.78, 5) is 12.2. The van der Waals surface area contributed by atoms with Crippen molar-refractivity contribution in [3.05, 3.63) is 77.9 Å². The van der Waals surface area contributed by atoms with Gasteiger partial charge in [-0.1, -0.05) is 58.4 Å². The Morgan fingerprint density at radius 3 is 2.25 bits per heavy atom. The van der Waals surface area contributed by atoms with Gasteiger partial charge < -0.3 is 4.74 Å². The highest BCUT2D eigenvalue weighted by Gasteiger charge is 2.07. The largest absolute Gasteiger partial charge is 0.490 e. The lowest BCUT2D eigenvalue weighted by molar-refractivity contribution is 0.103. The minimum Gasteiger partial charge on any atom is -0.490 e. The van der Waals surface area contributed by atoms with Gasteiger partial charge in [0, 0.05) is 16.5 Å². The predicted molar refractivity (Wildman–Crippen MR) is 84.7 cm³/mol. The van der Waals surface area contributed by atoms with Crippen molar-refractivity contribution in [2.24, 2.45) is 0 Å². The third-order valence-electron chi connectivity index (χ3n) is 2.75. The van der Waals surface area contributed by atoms with Crippen molar-refractivity contribution >= 4 is 21.7 Å². The molecular formula is C17H15BrO2. The van der Waals surface area contributed by atoms with Gasteiger partial charge in [0.05, 0.1) is 0 Å². The number of allylic oxidation sites excluding steroid dienone is 1. The number of halogens is 1. The van der Waals surface area contributed by atoms with Gasteiger partial charge in [-0.3, -0.25) is 4.79 Å². The van der Waals surface area contributed by atoms with Gasteiger partial charge in [-0.05, 0) is 24.3 Å². The highest BCUT2D eigenvalue weighted by atomic mass is 79.9. The number of carbonyl (C=O) groups excluding carboxylic acids is 1. The van der Waals surface area contributed by atoms with Gasteiger partial charge in [0.1, 0.15) is 12.4 Å². The number of benzene rings is 2. The summed E-state index contributed by atoms with van der Waals surface area (Å²) >= 11 is 3.30. The molecule has 0 aromatic heterocycles. The molecule has 0 saturated heterocycles. The van der Waals surface area contributed by atoms with E-state index in [1.54, 1.807) is 12.1 Å². The van der Waals surface area contributed by atoms with Crippen molar-refractivity contribution < 1.29 is 9.53 Å². The molecule has 0 radical (unpaired) electrons. The van der Waals surface area contributed by atoms with E-state index in [1.165, 1.54) is 0 Å². The van der Waals surface area contributed by atoms with Crippen molar-refractivity contribution in [1.29, 1.82) is 0 Å². The summed E-state index contributed by atoms with van der Waals surface area (Å²) < 4.78 is 5.53. The van der Waals surface area contributed by atoms with Crippen LogP contribution in [0, 0.1) is 0 Å². The fraction of sp³-hybridized carbons (Fsp3) is 0.118. The minimum absolute atomic E-state index is 0.0244. The van der Waals surface area contributed by atoms with Crippen LogP contribution < -0.4 is 4.74 Å². The zero-order valence-corrected chi connectivity index (χ0v) is 12.5. The maximum atomic E-state index is 12.2. The van der Waals surface area contributed by atoms with E-state index in [0.717, 1.165) is 11.1 Å². The maximum Gasteiger partial charge on any atom is 0.193 e. The van der Waals surface area contributed by atoms with E-state index >= 15 is 0 Å². The van der Waals surface area contributed by atoms with Crippen LogP contribution in [0.3, 0.4) is 0 Å². The molecule has 0 N–H and O–H groups in total. The molecule has 2 aromatic rings. The van der Waals surface area contributed by atoms with Crippen molar-refractivity contribution in [3.63, 3.8) is 0 Å². The number of alkyl halides is 1. The van der Waals surface area contributed by atoms with Crippen LogP contribution in [0.1, 0.15) is 15.9 Å². The van der Waals surface area contributed by atoms with E-state index < -0.39 is 0 Å². The summed E-state index contributed by atoms with van der Waals surface area (Å²) in [5.74, 6) is 0.783. The average Bonchev–Trinajstić information content (AvgIpc) is 2.52. The molecule has 0 heterocycles. The third-order valence-corrected chi connectivity index (χ3v) is 3.13. The Hall–Kier alpha value is -1.87. The van der Waals surface area contributed by atoms with Crippen LogP contribution in [0.15, 0.2) is 66.7 Å².